The van der Waals surface area contributed by atoms with Crippen LogP contribution in [0.2, 0.25) is 0 Å². The van der Waals surface area contributed by atoms with Crippen molar-refractivity contribution in [3.63, 3.8) is 0 Å². The monoisotopic (exact) mass is 527 g/mol. The normalized spacial score (nSPS) is 12.8. The number of rotatable bonds is 2. The molecule has 0 saturated heterocycles. The van der Waals surface area contributed by atoms with Gasteiger partial charge in [-0.05, 0) is 76.6 Å². The summed E-state index contributed by atoms with van der Waals surface area (Å²) < 4.78 is 5.17. The number of hydrogen-bond donors (Lipinski definition) is 0. The van der Waals surface area contributed by atoms with Crippen molar-refractivity contribution in [2.45, 2.75) is 12.8 Å². The first kappa shape index (κ1) is 22.2. The molecule has 0 unspecified atom stereocenters. The maximum atomic E-state index is 2.44. The van der Waals surface area contributed by atoms with E-state index in [0.29, 0.717) is 0 Å². The maximum Gasteiger partial charge on any atom is 0.0541 e. The van der Waals surface area contributed by atoms with Crippen LogP contribution in [0.1, 0.15) is 11.1 Å². The van der Waals surface area contributed by atoms with Gasteiger partial charge in [-0.15, -0.1) is 11.3 Å². The van der Waals surface area contributed by atoms with E-state index < -0.39 is 0 Å². The number of aryl methyl sites for hydroxylation is 2. The topological polar surface area (TPSA) is 4.93 Å². The quantitative estimate of drug-likeness (QED) is 0.211. The van der Waals surface area contributed by atoms with Crippen LogP contribution in [-0.2, 0) is 12.8 Å². The third-order valence-electron chi connectivity index (χ3n) is 8.70. The van der Waals surface area contributed by atoms with Gasteiger partial charge in [0.15, 0.2) is 0 Å². The van der Waals surface area contributed by atoms with Gasteiger partial charge in [-0.25, -0.2) is 0 Å². The highest BCUT2D eigenvalue weighted by molar-refractivity contribution is 7.26. The third-order valence-corrected chi connectivity index (χ3v) is 9.92. The summed E-state index contributed by atoms with van der Waals surface area (Å²) in [5.41, 5.74) is 12.1. The average molecular weight is 528 g/mol. The number of fused-ring (bicyclic) bond motifs is 9. The predicted molar refractivity (Wildman–Crippen MR) is 172 cm³/mol. The van der Waals surface area contributed by atoms with E-state index in [1.807, 2.05) is 11.3 Å². The average Bonchev–Trinajstić information content (AvgIpc) is 3.56. The molecule has 0 N–H and O–H groups in total. The Hall–Kier alpha value is -4.66. The summed E-state index contributed by atoms with van der Waals surface area (Å²) >= 11 is 1.91. The smallest absolute Gasteiger partial charge is 0.0541 e. The van der Waals surface area contributed by atoms with Gasteiger partial charge < -0.3 is 4.57 Å². The molecule has 40 heavy (non-hydrogen) atoms. The molecule has 1 nitrogen and oxygen atoms in total. The molecule has 6 aromatic carbocycles. The van der Waals surface area contributed by atoms with Crippen molar-refractivity contribution >= 4 is 53.3 Å². The summed E-state index contributed by atoms with van der Waals surface area (Å²) in [4.78, 5) is 0. The Morgan fingerprint density at radius 2 is 1.10 bits per heavy atom. The van der Waals surface area contributed by atoms with Crippen molar-refractivity contribution in [3.8, 4) is 27.9 Å². The van der Waals surface area contributed by atoms with Crippen LogP contribution in [0.25, 0.3) is 69.9 Å². The highest BCUT2D eigenvalue weighted by Gasteiger charge is 2.20. The molecule has 0 fully saturated rings. The van der Waals surface area contributed by atoms with Crippen molar-refractivity contribution in [3.05, 3.63) is 139 Å². The molecular formula is C38H25NS. The van der Waals surface area contributed by atoms with Crippen LogP contribution in [-0.4, -0.2) is 4.57 Å². The zero-order valence-electron chi connectivity index (χ0n) is 21.9. The second-order valence-corrected chi connectivity index (χ2v) is 11.9. The van der Waals surface area contributed by atoms with Crippen LogP contribution >= 0.6 is 11.3 Å². The number of hydrogen-bond acceptors (Lipinski definition) is 1. The lowest BCUT2D eigenvalue weighted by Crippen LogP contribution is -2.06. The third kappa shape index (κ3) is 3.14. The number of para-hydroxylation sites is 2. The molecule has 0 atom stereocenters. The summed E-state index contributed by atoms with van der Waals surface area (Å²) in [6.07, 6.45) is 2.12. The van der Waals surface area contributed by atoms with Crippen LogP contribution in [0.15, 0.2) is 127 Å². The second kappa shape index (κ2) is 8.42. The summed E-state index contributed by atoms with van der Waals surface area (Å²) in [6.45, 7) is 0. The molecule has 0 spiro atoms. The maximum absolute atomic E-state index is 2.44. The largest absolute Gasteiger partial charge is 0.309 e. The first-order valence-electron chi connectivity index (χ1n) is 14.0. The fourth-order valence-electron chi connectivity index (χ4n) is 6.86. The molecule has 2 heterocycles. The van der Waals surface area contributed by atoms with E-state index in [1.54, 1.807) is 0 Å². The molecule has 1 aliphatic carbocycles. The lowest BCUT2D eigenvalue weighted by molar-refractivity contribution is 0.939. The number of aromatic nitrogens is 1. The predicted octanol–water partition coefficient (Wildman–Crippen LogP) is 10.6. The highest BCUT2D eigenvalue weighted by atomic mass is 32.1. The molecule has 0 bridgehead atoms. The second-order valence-electron chi connectivity index (χ2n) is 10.9. The van der Waals surface area contributed by atoms with Crippen LogP contribution < -0.4 is 0 Å². The summed E-state index contributed by atoms with van der Waals surface area (Å²) in [5.74, 6) is 0. The molecule has 0 radical (unpaired) electrons. The molecule has 9 rings (SSSR count). The lowest BCUT2D eigenvalue weighted by atomic mass is 9.84. The first-order chi connectivity index (χ1) is 19.8. The Bertz CT molecular complexity index is 2230. The van der Waals surface area contributed by atoms with E-state index in [2.05, 4.69) is 132 Å². The van der Waals surface area contributed by atoms with E-state index >= 15 is 0 Å². The zero-order valence-corrected chi connectivity index (χ0v) is 22.7. The van der Waals surface area contributed by atoms with Crippen molar-refractivity contribution < 1.29 is 0 Å². The van der Waals surface area contributed by atoms with Crippen LogP contribution in [0.3, 0.4) is 0 Å². The molecule has 2 aromatic heterocycles. The van der Waals surface area contributed by atoms with Gasteiger partial charge in [-0.1, -0.05) is 97.1 Å². The molecule has 0 amide bonds. The summed E-state index contributed by atoms with van der Waals surface area (Å²) in [7, 11) is 0. The van der Waals surface area contributed by atoms with Crippen LogP contribution in [0.5, 0.6) is 0 Å². The van der Waals surface area contributed by atoms with Crippen molar-refractivity contribution in [1.82, 2.24) is 4.57 Å². The highest BCUT2D eigenvalue weighted by Crippen LogP contribution is 2.42. The number of thiophene rings is 1. The Balaban J connectivity index is 1.16. The van der Waals surface area contributed by atoms with Gasteiger partial charge in [0.25, 0.3) is 0 Å². The van der Waals surface area contributed by atoms with E-state index in [9.17, 15) is 0 Å². The van der Waals surface area contributed by atoms with E-state index in [-0.39, 0.29) is 0 Å². The van der Waals surface area contributed by atoms with Gasteiger partial charge in [0, 0.05) is 36.6 Å². The number of nitrogens with zero attached hydrogens (tertiary/aromatic N) is 1. The first-order valence-corrected chi connectivity index (χ1v) is 14.8. The van der Waals surface area contributed by atoms with Gasteiger partial charge in [0.2, 0.25) is 0 Å². The SMILES string of the molecule is c1ccc2c(c1)sc1c(-c3ccc4c(c3)CCc3cc(-n5c6ccccc6c6ccccc65)ccc3-4)cccc12. The summed E-state index contributed by atoms with van der Waals surface area (Å²) in [6, 6.07) is 47.2. The Morgan fingerprint density at radius 3 is 1.88 bits per heavy atom. The molecule has 1 aliphatic rings. The van der Waals surface area contributed by atoms with Crippen LogP contribution in [0.4, 0.5) is 0 Å². The Labute approximate surface area is 236 Å². The van der Waals surface area contributed by atoms with Crippen molar-refractivity contribution in [2.75, 3.05) is 0 Å². The molecule has 188 valence electrons. The molecule has 2 heteroatoms. The zero-order chi connectivity index (χ0) is 26.2. The minimum atomic E-state index is 1.06. The number of benzene rings is 6. The van der Waals surface area contributed by atoms with E-state index in [0.717, 1.165) is 12.8 Å². The van der Waals surface area contributed by atoms with E-state index in [4.69, 9.17) is 0 Å². The van der Waals surface area contributed by atoms with Crippen molar-refractivity contribution in [2.24, 2.45) is 0 Å². The fourth-order valence-corrected chi connectivity index (χ4v) is 8.10. The van der Waals surface area contributed by atoms with Gasteiger partial charge in [0.1, 0.15) is 0 Å². The van der Waals surface area contributed by atoms with Gasteiger partial charge in [-0.2, -0.15) is 0 Å². The van der Waals surface area contributed by atoms with Gasteiger partial charge in [0.05, 0.1) is 11.0 Å². The lowest BCUT2D eigenvalue weighted by Gasteiger charge is -2.22. The minimum absolute atomic E-state index is 1.06. The molecular weight excluding hydrogens is 502 g/mol. The van der Waals surface area contributed by atoms with Crippen molar-refractivity contribution in [1.29, 1.82) is 0 Å². The van der Waals surface area contributed by atoms with Gasteiger partial charge >= 0.3 is 0 Å². The minimum Gasteiger partial charge on any atom is -0.309 e. The van der Waals surface area contributed by atoms with E-state index in [1.165, 1.54) is 81.0 Å². The molecule has 0 aliphatic heterocycles. The van der Waals surface area contributed by atoms with Crippen LogP contribution in [0, 0.1) is 0 Å². The molecule has 0 saturated carbocycles. The Morgan fingerprint density at radius 1 is 0.475 bits per heavy atom. The standard InChI is InChI=1S/C38H25NS/c1-4-13-35-31(8-1)32-9-2-5-14-36(32)39(35)27-19-21-29-26(23-27)17-16-24-22-25(18-20-28(24)29)30-11-7-12-34-33-10-3-6-15-37(33)40-38(30)34/h1-15,18-23H,16-17H2. The Kier molecular flexibility index (Phi) is 4.67. The molecule has 8 aromatic rings. The summed E-state index contributed by atoms with van der Waals surface area (Å²) in [5, 5.41) is 5.33. The van der Waals surface area contributed by atoms with Gasteiger partial charge in [-0.3, -0.25) is 0 Å². The fraction of sp³-hybridized carbons (Fsp3) is 0.0526.